The van der Waals surface area contributed by atoms with Crippen molar-refractivity contribution < 1.29 is 4.79 Å². The van der Waals surface area contributed by atoms with Gasteiger partial charge in [0.2, 0.25) is 0 Å². The molecule has 0 atom stereocenters. The molecule has 0 spiro atoms. The summed E-state index contributed by atoms with van der Waals surface area (Å²) in [6, 6.07) is 19.8. The van der Waals surface area contributed by atoms with Crippen molar-refractivity contribution >= 4 is 28.4 Å². The average molecular weight is 504 g/mol. The number of primary amides is 1. The molecule has 6 rings (SSSR count). The predicted molar refractivity (Wildman–Crippen MR) is 146 cm³/mol. The van der Waals surface area contributed by atoms with Crippen LogP contribution in [0.5, 0.6) is 0 Å². The van der Waals surface area contributed by atoms with E-state index in [4.69, 9.17) is 16.5 Å². The topological polar surface area (TPSA) is 135 Å². The number of rotatable bonds is 3. The number of anilines is 1. The van der Waals surface area contributed by atoms with Gasteiger partial charge in [0, 0.05) is 31.5 Å². The Hall–Kier alpha value is -5.43. The molecule has 0 aliphatic carbocycles. The molecule has 0 saturated heterocycles. The van der Waals surface area contributed by atoms with Crippen LogP contribution >= 0.6 is 0 Å². The van der Waals surface area contributed by atoms with Crippen LogP contribution in [0.25, 0.3) is 22.4 Å². The highest BCUT2D eigenvalue weighted by molar-refractivity contribution is 5.96. The number of benzene rings is 2. The third-order valence-electron chi connectivity index (χ3n) is 5.78. The van der Waals surface area contributed by atoms with Gasteiger partial charge < -0.3 is 11.5 Å². The van der Waals surface area contributed by atoms with E-state index < -0.39 is 5.91 Å². The summed E-state index contributed by atoms with van der Waals surface area (Å²) in [6.07, 6.45) is 6.08. The summed E-state index contributed by atoms with van der Waals surface area (Å²) >= 11 is 0. The Morgan fingerprint density at radius 2 is 1.79 bits per heavy atom. The van der Waals surface area contributed by atoms with Crippen LogP contribution in [0.2, 0.25) is 0 Å². The molecule has 10 nitrogen and oxygen atoms in total. The smallest absolute Gasteiger partial charge is 0.271 e. The number of aromatic nitrogens is 7. The molecule has 0 saturated carbocycles. The molecule has 4 heterocycles. The fourth-order valence-electron chi connectivity index (χ4n) is 4.13. The lowest BCUT2D eigenvalue weighted by Crippen LogP contribution is -2.16. The number of nitrogens with zero attached hydrogens (tertiary/aromatic N) is 7. The molecule has 0 unspecified atom stereocenters. The van der Waals surface area contributed by atoms with Crippen molar-refractivity contribution in [2.75, 3.05) is 5.73 Å². The molecule has 4 N–H and O–H groups in total. The maximum absolute atomic E-state index is 10.9. The molecule has 0 radical (unpaired) electrons. The molecular weight excluding hydrogens is 478 g/mol. The zero-order chi connectivity index (χ0) is 26.6. The predicted octanol–water partition coefficient (Wildman–Crippen LogP) is 3.13. The zero-order valence-electron chi connectivity index (χ0n) is 20.9. The second-order valence-corrected chi connectivity index (χ2v) is 8.38. The van der Waals surface area contributed by atoms with Crippen molar-refractivity contribution in [2.24, 2.45) is 12.8 Å². The fraction of sp³-hybridized carbons (Fsp3) is 0.107. The normalized spacial score (nSPS) is 10.6. The lowest BCUT2D eigenvalue weighted by Gasteiger charge is -2.09. The SMILES string of the molecule is CCc1nc2cccc(C#Cc3cnn(C)c3)c2n1-c1ccccc1.NC(=O)c1c(N)nc2cccnn12. The van der Waals surface area contributed by atoms with Crippen LogP contribution in [-0.4, -0.2) is 39.8 Å². The number of hydrogen-bond donors (Lipinski definition) is 2. The fourth-order valence-corrected chi connectivity index (χ4v) is 4.13. The first-order valence-corrected chi connectivity index (χ1v) is 11.9. The first-order chi connectivity index (χ1) is 18.5. The van der Waals surface area contributed by atoms with Crippen LogP contribution in [0, 0.1) is 11.8 Å². The van der Waals surface area contributed by atoms with Crippen molar-refractivity contribution in [3.8, 4) is 17.5 Å². The van der Waals surface area contributed by atoms with Crippen LogP contribution in [0.4, 0.5) is 5.82 Å². The Kier molecular flexibility index (Phi) is 6.57. The quantitative estimate of drug-likeness (QED) is 0.356. The van der Waals surface area contributed by atoms with Crippen LogP contribution in [0.3, 0.4) is 0 Å². The highest BCUT2D eigenvalue weighted by Gasteiger charge is 2.15. The van der Waals surface area contributed by atoms with Gasteiger partial charge in [0.15, 0.2) is 17.2 Å². The molecular formula is C28H25N9O. The number of hydrogen-bond acceptors (Lipinski definition) is 6. The first kappa shape index (κ1) is 24.3. The van der Waals surface area contributed by atoms with Crippen molar-refractivity contribution in [1.82, 2.24) is 33.9 Å². The molecule has 188 valence electrons. The minimum absolute atomic E-state index is 0.103. The largest absolute Gasteiger partial charge is 0.382 e. The summed E-state index contributed by atoms with van der Waals surface area (Å²) in [7, 11) is 1.89. The Balaban J connectivity index is 0.000000190. The van der Waals surface area contributed by atoms with Gasteiger partial charge in [0.1, 0.15) is 5.82 Å². The van der Waals surface area contributed by atoms with Crippen molar-refractivity contribution in [3.63, 3.8) is 0 Å². The van der Waals surface area contributed by atoms with E-state index in [-0.39, 0.29) is 11.5 Å². The Labute approximate surface area is 218 Å². The number of carbonyl (C=O) groups is 1. The lowest BCUT2D eigenvalue weighted by atomic mass is 10.1. The van der Waals surface area contributed by atoms with E-state index in [1.807, 2.05) is 49.6 Å². The molecule has 0 bridgehead atoms. The van der Waals surface area contributed by atoms with Crippen LogP contribution in [0.1, 0.15) is 34.4 Å². The molecule has 1 amide bonds. The number of fused-ring (bicyclic) bond motifs is 2. The van der Waals surface area contributed by atoms with Gasteiger partial charge in [0.05, 0.1) is 28.4 Å². The highest BCUT2D eigenvalue weighted by atomic mass is 16.1. The van der Waals surface area contributed by atoms with E-state index in [0.717, 1.165) is 40.1 Å². The van der Waals surface area contributed by atoms with Gasteiger partial charge in [-0.05, 0) is 36.4 Å². The second kappa shape index (κ2) is 10.3. The summed E-state index contributed by atoms with van der Waals surface area (Å²) in [5.41, 5.74) is 16.2. The van der Waals surface area contributed by atoms with Gasteiger partial charge in [-0.15, -0.1) is 0 Å². The van der Waals surface area contributed by atoms with E-state index >= 15 is 0 Å². The minimum atomic E-state index is -0.635. The van der Waals surface area contributed by atoms with Gasteiger partial charge in [-0.1, -0.05) is 43.0 Å². The van der Waals surface area contributed by atoms with Gasteiger partial charge in [-0.3, -0.25) is 14.0 Å². The number of imidazole rings is 2. The van der Waals surface area contributed by atoms with E-state index in [1.54, 1.807) is 23.0 Å². The summed E-state index contributed by atoms with van der Waals surface area (Å²) < 4.78 is 5.29. The number of nitrogens with two attached hydrogens (primary N) is 2. The summed E-state index contributed by atoms with van der Waals surface area (Å²) in [5, 5.41) is 8.07. The van der Waals surface area contributed by atoms with Crippen LogP contribution < -0.4 is 11.5 Å². The number of amides is 1. The first-order valence-electron chi connectivity index (χ1n) is 11.9. The second-order valence-electron chi connectivity index (χ2n) is 8.38. The maximum Gasteiger partial charge on any atom is 0.271 e. The number of carbonyl (C=O) groups excluding carboxylic acids is 1. The molecule has 0 aliphatic rings. The molecule has 4 aromatic heterocycles. The van der Waals surface area contributed by atoms with Crippen molar-refractivity contribution in [1.29, 1.82) is 0 Å². The highest BCUT2D eigenvalue weighted by Crippen LogP contribution is 2.25. The standard InChI is InChI=1S/C21H18N4.C7H7N5O/c1-3-20-23-19-11-7-8-17(13-12-16-14-22-24(2)15-16)21(19)25(20)18-9-5-4-6-10-18;8-6-5(7(9)13)12-4(11-6)2-1-3-10-12/h4-11,14-15H,3H2,1-2H3;1-3H,8H2,(H2,9,13). The molecule has 6 aromatic rings. The Morgan fingerprint density at radius 1 is 0.974 bits per heavy atom. The minimum Gasteiger partial charge on any atom is -0.382 e. The zero-order valence-corrected chi connectivity index (χ0v) is 20.9. The summed E-state index contributed by atoms with van der Waals surface area (Å²) in [5.74, 6) is 7.01. The third kappa shape index (κ3) is 4.68. The van der Waals surface area contributed by atoms with Gasteiger partial charge in [0.25, 0.3) is 5.91 Å². The van der Waals surface area contributed by atoms with Gasteiger partial charge in [-0.25, -0.2) is 14.5 Å². The Bertz CT molecular complexity index is 1820. The van der Waals surface area contributed by atoms with E-state index in [1.165, 1.54) is 10.7 Å². The molecule has 10 heteroatoms. The van der Waals surface area contributed by atoms with E-state index in [9.17, 15) is 4.79 Å². The monoisotopic (exact) mass is 503 g/mol. The summed E-state index contributed by atoms with van der Waals surface area (Å²) in [6.45, 7) is 2.13. The van der Waals surface area contributed by atoms with Crippen LogP contribution in [0.15, 0.2) is 79.3 Å². The number of aryl methyl sites for hydroxylation is 2. The van der Waals surface area contributed by atoms with E-state index in [0.29, 0.717) is 5.65 Å². The molecule has 2 aromatic carbocycles. The van der Waals surface area contributed by atoms with Crippen molar-refractivity contribution in [3.05, 3.63) is 102 Å². The lowest BCUT2D eigenvalue weighted by molar-refractivity contribution is 0.0994. The third-order valence-corrected chi connectivity index (χ3v) is 5.78. The van der Waals surface area contributed by atoms with Crippen LogP contribution in [-0.2, 0) is 13.5 Å². The maximum atomic E-state index is 10.9. The number of nitrogen functional groups attached to an aromatic ring is 1. The van der Waals surface area contributed by atoms with Gasteiger partial charge in [-0.2, -0.15) is 10.2 Å². The van der Waals surface area contributed by atoms with Crippen molar-refractivity contribution in [2.45, 2.75) is 13.3 Å². The molecule has 0 aliphatic heterocycles. The average Bonchev–Trinajstić information content (AvgIpc) is 3.62. The number of para-hydroxylation sites is 2. The molecule has 0 fully saturated rings. The van der Waals surface area contributed by atoms with Gasteiger partial charge >= 0.3 is 0 Å². The molecule has 38 heavy (non-hydrogen) atoms. The van der Waals surface area contributed by atoms with E-state index in [2.05, 4.69) is 50.6 Å². The Morgan fingerprint density at radius 3 is 2.50 bits per heavy atom. The summed E-state index contributed by atoms with van der Waals surface area (Å²) in [4.78, 5) is 19.7.